The Labute approximate surface area is 187 Å². The lowest BCUT2D eigenvalue weighted by molar-refractivity contribution is 0.00900. The molecular weight excluding hydrogens is 396 g/mol. The van der Waals surface area contributed by atoms with Gasteiger partial charge in [-0.25, -0.2) is 4.79 Å². The average Bonchev–Trinajstić information content (AvgIpc) is 3.22. The number of nitrogens with zero attached hydrogens (tertiary/aromatic N) is 2. The van der Waals surface area contributed by atoms with Gasteiger partial charge in [0.2, 0.25) is 0 Å². The van der Waals surface area contributed by atoms with E-state index in [-0.39, 0.29) is 12.1 Å². The third-order valence-corrected chi connectivity index (χ3v) is 6.63. The van der Waals surface area contributed by atoms with E-state index in [1.54, 1.807) is 0 Å². The molecule has 4 heteroatoms. The number of hydrogen-bond acceptors (Lipinski definition) is 3. The predicted molar refractivity (Wildman–Crippen MR) is 125 cm³/mol. The summed E-state index contributed by atoms with van der Waals surface area (Å²) in [5.74, 6) is -0.234. The van der Waals surface area contributed by atoms with Gasteiger partial charge in [0.25, 0.3) is 0 Å². The Bertz CT molecular complexity index is 1300. The highest BCUT2D eigenvalue weighted by atomic mass is 16.5. The van der Waals surface area contributed by atoms with Crippen molar-refractivity contribution in [3.05, 3.63) is 95.8 Å². The third-order valence-electron chi connectivity index (χ3n) is 6.63. The number of benzene rings is 2. The first-order valence-corrected chi connectivity index (χ1v) is 11.3. The Morgan fingerprint density at radius 2 is 1.78 bits per heavy atom. The number of esters is 1. The van der Waals surface area contributed by atoms with E-state index in [1.165, 1.54) is 22.4 Å². The molecule has 2 aliphatic rings. The van der Waals surface area contributed by atoms with Crippen LogP contribution in [0.4, 0.5) is 0 Å². The second kappa shape index (κ2) is 7.79. The number of carbonyl (C=O) groups is 1. The molecule has 0 N–H and O–H groups in total. The summed E-state index contributed by atoms with van der Waals surface area (Å²) in [6, 6.07) is 24.7. The SMILES string of the molecule is O=C(OC1CCC1)c1cccc(-n2c(-c3ccccn3)cc3c2CCc2ccccc2-3)c1. The lowest BCUT2D eigenvalue weighted by atomic mass is 9.90. The summed E-state index contributed by atoms with van der Waals surface area (Å²) in [7, 11) is 0. The van der Waals surface area contributed by atoms with E-state index in [1.807, 2.05) is 42.6 Å². The quantitative estimate of drug-likeness (QED) is 0.380. The largest absolute Gasteiger partial charge is 0.459 e. The topological polar surface area (TPSA) is 44.1 Å². The number of pyridine rings is 1. The van der Waals surface area contributed by atoms with Crippen molar-refractivity contribution in [3.63, 3.8) is 0 Å². The highest BCUT2D eigenvalue weighted by molar-refractivity contribution is 5.90. The molecular formula is C28H24N2O2. The zero-order chi connectivity index (χ0) is 21.5. The molecule has 0 unspecified atom stereocenters. The van der Waals surface area contributed by atoms with Crippen LogP contribution >= 0.6 is 0 Å². The molecule has 0 radical (unpaired) electrons. The summed E-state index contributed by atoms with van der Waals surface area (Å²) in [4.78, 5) is 17.4. The van der Waals surface area contributed by atoms with Crippen LogP contribution in [0.25, 0.3) is 28.2 Å². The lowest BCUT2D eigenvalue weighted by Crippen LogP contribution is -2.25. The summed E-state index contributed by atoms with van der Waals surface area (Å²) in [6.07, 6.45) is 6.92. The van der Waals surface area contributed by atoms with Crippen molar-refractivity contribution in [2.75, 3.05) is 0 Å². The molecule has 0 atom stereocenters. The van der Waals surface area contributed by atoms with E-state index in [0.29, 0.717) is 5.56 Å². The minimum Gasteiger partial charge on any atom is -0.459 e. The molecule has 32 heavy (non-hydrogen) atoms. The first-order valence-electron chi connectivity index (χ1n) is 11.3. The number of aromatic nitrogens is 2. The van der Waals surface area contributed by atoms with E-state index in [4.69, 9.17) is 4.74 Å². The van der Waals surface area contributed by atoms with Crippen LogP contribution in [0.5, 0.6) is 0 Å². The fourth-order valence-corrected chi connectivity index (χ4v) is 4.76. The maximum Gasteiger partial charge on any atom is 0.338 e. The molecule has 1 fully saturated rings. The van der Waals surface area contributed by atoms with Crippen LogP contribution in [0.1, 0.15) is 40.9 Å². The van der Waals surface area contributed by atoms with Gasteiger partial charge in [0.15, 0.2) is 0 Å². The summed E-state index contributed by atoms with van der Waals surface area (Å²) < 4.78 is 7.93. The van der Waals surface area contributed by atoms with Crippen molar-refractivity contribution in [1.29, 1.82) is 0 Å². The number of ether oxygens (including phenoxy) is 1. The van der Waals surface area contributed by atoms with Crippen LogP contribution in [0.15, 0.2) is 79.0 Å². The molecule has 0 saturated heterocycles. The molecule has 4 aromatic rings. The Morgan fingerprint density at radius 1 is 0.906 bits per heavy atom. The van der Waals surface area contributed by atoms with Gasteiger partial charge in [0, 0.05) is 23.1 Å². The predicted octanol–water partition coefficient (Wildman–Crippen LogP) is 6.01. The van der Waals surface area contributed by atoms with E-state index in [9.17, 15) is 4.79 Å². The summed E-state index contributed by atoms with van der Waals surface area (Å²) in [5, 5.41) is 0. The van der Waals surface area contributed by atoms with Crippen LogP contribution < -0.4 is 0 Å². The number of fused-ring (bicyclic) bond motifs is 3. The molecule has 2 aromatic carbocycles. The first-order chi connectivity index (χ1) is 15.8. The Hall–Kier alpha value is -3.66. The minimum absolute atomic E-state index is 0.0751. The molecule has 158 valence electrons. The molecule has 2 heterocycles. The van der Waals surface area contributed by atoms with Crippen LogP contribution in [0.2, 0.25) is 0 Å². The van der Waals surface area contributed by atoms with E-state index in [2.05, 4.69) is 45.9 Å². The normalized spacial score (nSPS) is 14.9. The second-order valence-corrected chi connectivity index (χ2v) is 8.61. The lowest BCUT2D eigenvalue weighted by Gasteiger charge is -2.25. The zero-order valence-electron chi connectivity index (χ0n) is 17.8. The van der Waals surface area contributed by atoms with Crippen LogP contribution in [-0.2, 0) is 17.6 Å². The van der Waals surface area contributed by atoms with Crippen molar-refractivity contribution < 1.29 is 9.53 Å². The zero-order valence-corrected chi connectivity index (χ0v) is 17.8. The van der Waals surface area contributed by atoms with Gasteiger partial charge in [-0.1, -0.05) is 36.4 Å². The first kappa shape index (κ1) is 19.1. The van der Waals surface area contributed by atoms with Gasteiger partial charge in [-0.2, -0.15) is 0 Å². The fraction of sp³-hybridized carbons (Fsp3) is 0.214. The average molecular weight is 421 g/mol. The Morgan fingerprint density at radius 3 is 2.59 bits per heavy atom. The van der Waals surface area contributed by atoms with E-state index < -0.39 is 0 Å². The van der Waals surface area contributed by atoms with Crippen molar-refractivity contribution >= 4 is 5.97 Å². The number of carbonyl (C=O) groups excluding carboxylic acids is 1. The molecule has 6 rings (SSSR count). The van der Waals surface area contributed by atoms with Gasteiger partial charge in [0.1, 0.15) is 6.10 Å². The molecule has 0 bridgehead atoms. The third kappa shape index (κ3) is 3.23. The van der Waals surface area contributed by atoms with E-state index >= 15 is 0 Å². The number of aryl methyl sites for hydroxylation is 1. The maximum atomic E-state index is 12.7. The van der Waals surface area contributed by atoms with Gasteiger partial charge in [0.05, 0.1) is 17.0 Å². The minimum atomic E-state index is -0.234. The molecule has 0 aliphatic heterocycles. The van der Waals surface area contributed by atoms with Gasteiger partial charge in [-0.3, -0.25) is 4.98 Å². The number of hydrogen-bond donors (Lipinski definition) is 0. The van der Waals surface area contributed by atoms with Gasteiger partial charge in [-0.15, -0.1) is 0 Å². The molecule has 1 saturated carbocycles. The molecule has 2 aliphatic carbocycles. The van der Waals surface area contributed by atoms with Crippen molar-refractivity contribution in [2.24, 2.45) is 0 Å². The monoisotopic (exact) mass is 420 g/mol. The van der Waals surface area contributed by atoms with Gasteiger partial charge < -0.3 is 9.30 Å². The Kier molecular flexibility index (Phi) is 4.64. The van der Waals surface area contributed by atoms with Crippen LogP contribution in [0.3, 0.4) is 0 Å². The second-order valence-electron chi connectivity index (χ2n) is 8.61. The molecule has 0 spiro atoms. The highest BCUT2D eigenvalue weighted by Crippen LogP contribution is 2.40. The summed E-state index contributed by atoms with van der Waals surface area (Å²) in [6.45, 7) is 0. The molecule has 4 nitrogen and oxygen atoms in total. The summed E-state index contributed by atoms with van der Waals surface area (Å²) >= 11 is 0. The van der Waals surface area contributed by atoms with Crippen molar-refractivity contribution in [1.82, 2.24) is 9.55 Å². The maximum absolute atomic E-state index is 12.7. The highest BCUT2D eigenvalue weighted by Gasteiger charge is 2.26. The van der Waals surface area contributed by atoms with Gasteiger partial charge in [-0.05, 0) is 79.6 Å². The Balaban J connectivity index is 1.50. The molecule has 2 aromatic heterocycles. The fourth-order valence-electron chi connectivity index (χ4n) is 4.76. The summed E-state index contributed by atoms with van der Waals surface area (Å²) in [5.41, 5.74) is 8.68. The van der Waals surface area contributed by atoms with Crippen molar-refractivity contribution in [2.45, 2.75) is 38.2 Å². The van der Waals surface area contributed by atoms with E-state index in [0.717, 1.165) is 49.2 Å². The standard InChI is InChI=1S/C28H24N2O2/c31-28(32-22-10-6-11-22)20-8-5-9-21(17-20)30-26-15-14-19-7-1-2-12-23(19)24(26)18-27(30)25-13-3-4-16-29-25/h1-5,7-9,12-13,16-18,22H,6,10-11,14-15H2. The van der Waals surface area contributed by atoms with Crippen molar-refractivity contribution in [3.8, 4) is 28.2 Å². The van der Waals surface area contributed by atoms with Crippen LogP contribution in [-0.4, -0.2) is 21.6 Å². The smallest absolute Gasteiger partial charge is 0.338 e. The number of rotatable bonds is 4. The van der Waals surface area contributed by atoms with Gasteiger partial charge >= 0.3 is 5.97 Å². The van der Waals surface area contributed by atoms with Crippen LogP contribution in [0, 0.1) is 0 Å². The molecule has 0 amide bonds.